The molecule has 102 valence electrons. The summed E-state index contributed by atoms with van der Waals surface area (Å²) in [5, 5.41) is 7.56. The van der Waals surface area contributed by atoms with E-state index in [2.05, 4.69) is 36.2 Å². The molecule has 1 saturated carbocycles. The van der Waals surface area contributed by atoms with Gasteiger partial charge in [0, 0.05) is 25.9 Å². The molecule has 2 atom stereocenters. The van der Waals surface area contributed by atoms with Gasteiger partial charge in [-0.15, -0.1) is 0 Å². The molecule has 1 aromatic rings. The van der Waals surface area contributed by atoms with Crippen molar-refractivity contribution in [3.63, 3.8) is 0 Å². The van der Waals surface area contributed by atoms with Gasteiger partial charge in [-0.3, -0.25) is 0 Å². The van der Waals surface area contributed by atoms with Crippen LogP contribution in [0, 0.1) is 18.3 Å². The molecule has 0 aliphatic heterocycles. The quantitative estimate of drug-likeness (QED) is 0.894. The maximum Gasteiger partial charge on any atom is 0.223 e. The van der Waals surface area contributed by atoms with Gasteiger partial charge in [0.1, 0.15) is 0 Å². The lowest BCUT2D eigenvalue weighted by Crippen LogP contribution is -2.40. The molecule has 4 heteroatoms. The van der Waals surface area contributed by atoms with Crippen LogP contribution in [-0.4, -0.2) is 22.7 Å². The Bertz CT molecular complexity index is 386. The third-order valence-electron chi connectivity index (χ3n) is 3.74. The Hall–Kier alpha value is -0.900. The van der Waals surface area contributed by atoms with Crippen LogP contribution in [-0.2, 0) is 6.42 Å². The summed E-state index contributed by atoms with van der Waals surface area (Å²) in [6.07, 6.45) is 4.75. The summed E-state index contributed by atoms with van der Waals surface area (Å²) < 4.78 is 4.97. The van der Waals surface area contributed by atoms with Gasteiger partial charge in [-0.05, 0) is 30.6 Å². The monoisotopic (exact) mass is 251 g/mol. The molecule has 1 aromatic heterocycles. The van der Waals surface area contributed by atoms with Crippen molar-refractivity contribution >= 4 is 0 Å². The van der Waals surface area contributed by atoms with E-state index in [0.29, 0.717) is 17.3 Å². The highest BCUT2D eigenvalue weighted by atomic mass is 16.5. The molecule has 4 nitrogen and oxygen atoms in total. The predicted octanol–water partition coefficient (Wildman–Crippen LogP) is 2.72. The van der Waals surface area contributed by atoms with Crippen LogP contribution in [0.15, 0.2) is 4.52 Å². The highest BCUT2D eigenvalue weighted by molar-refractivity contribution is 4.88. The number of hydrogen-bond donors (Lipinski definition) is 1. The molecular weight excluding hydrogens is 226 g/mol. The molecule has 1 N–H and O–H groups in total. The number of hydrogen-bond acceptors (Lipinski definition) is 4. The Kier molecular flexibility index (Phi) is 4.05. The Morgan fingerprint density at radius 1 is 1.39 bits per heavy atom. The minimum atomic E-state index is 0.470. The van der Waals surface area contributed by atoms with Crippen LogP contribution >= 0.6 is 0 Å². The van der Waals surface area contributed by atoms with E-state index >= 15 is 0 Å². The van der Waals surface area contributed by atoms with Crippen molar-refractivity contribution in [2.24, 2.45) is 11.3 Å². The number of aromatic nitrogens is 2. The lowest BCUT2D eigenvalue weighted by molar-refractivity contribution is 0.152. The summed E-state index contributed by atoms with van der Waals surface area (Å²) >= 11 is 0. The molecule has 0 aromatic carbocycles. The fraction of sp³-hybridized carbons (Fsp3) is 0.857. The van der Waals surface area contributed by atoms with Gasteiger partial charge in [0.15, 0.2) is 5.82 Å². The van der Waals surface area contributed by atoms with E-state index in [0.717, 1.165) is 24.7 Å². The van der Waals surface area contributed by atoms with Crippen LogP contribution in [0.4, 0.5) is 0 Å². The molecule has 0 saturated heterocycles. The lowest BCUT2D eigenvalue weighted by atomic mass is 9.70. The van der Waals surface area contributed by atoms with Crippen molar-refractivity contribution < 1.29 is 4.52 Å². The largest absolute Gasteiger partial charge is 0.340 e. The maximum absolute atomic E-state index is 4.97. The maximum atomic E-state index is 4.97. The smallest absolute Gasteiger partial charge is 0.223 e. The van der Waals surface area contributed by atoms with Gasteiger partial charge in [-0.1, -0.05) is 25.9 Å². The third kappa shape index (κ3) is 3.80. The first-order chi connectivity index (χ1) is 8.44. The zero-order chi connectivity index (χ0) is 13.2. The van der Waals surface area contributed by atoms with E-state index < -0.39 is 0 Å². The van der Waals surface area contributed by atoms with Crippen LogP contribution in [0.1, 0.15) is 51.7 Å². The van der Waals surface area contributed by atoms with Gasteiger partial charge in [-0.2, -0.15) is 4.98 Å². The molecule has 1 aliphatic rings. The Labute approximate surface area is 110 Å². The molecule has 0 bridgehead atoms. The molecule has 2 rings (SSSR count). The first kappa shape index (κ1) is 13.5. The highest BCUT2D eigenvalue weighted by Crippen LogP contribution is 2.38. The lowest BCUT2D eigenvalue weighted by Gasteiger charge is -2.39. The fourth-order valence-corrected chi connectivity index (χ4v) is 3.33. The Balaban J connectivity index is 1.76. The van der Waals surface area contributed by atoms with Gasteiger partial charge in [0.2, 0.25) is 5.89 Å². The van der Waals surface area contributed by atoms with Crippen LogP contribution in [0.5, 0.6) is 0 Å². The summed E-state index contributed by atoms with van der Waals surface area (Å²) in [4.78, 5) is 4.22. The molecule has 1 aliphatic carbocycles. The van der Waals surface area contributed by atoms with Gasteiger partial charge in [0.05, 0.1) is 0 Å². The summed E-state index contributed by atoms with van der Waals surface area (Å²) in [6.45, 7) is 9.87. The van der Waals surface area contributed by atoms with E-state index in [9.17, 15) is 0 Å². The Morgan fingerprint density at radius 3 is 2.78 bits per heavy atom. The minimum absolute atomic E-state index is 0.470. The number of aryl methyl sites for hydroxylation is 1. The minimum Gasteiger partial charge on any atom is -0.340 e. The second-order valence-electron chi connectivity index (χ2n) is 6.54. The molecule has 0 radical (unpaired) electrons. The van der Waals surface area contributed by atoms with Crippen molar-refractivity contribution in [2.45, 2.75) is 59.4 Å². The van der Waals surface area contributed by atoms with E-state index in [-0.39, 0.29) is 0 Å². The third-order valence-corrected chi connectivity index (χ3v) is 3.74. The molecule has 1 fully saturated rings. The van der Waals surface area contributed by atoms with Crippen molar-refractivity contribution in [2.75, 3.05) is 6.54 Å². The molecule has 18 heavy (non-hydrogen) atoms. The summed E-state index contributed by atoms with van der Waals surface area (Å²) in [5.74, 6) is 2.28. The zero-order valence-corrected chi connectivity index (χ0v) is 12.0. The first-order valence-electron chi connectivity index (χ1n) is 6.97. The van der Waals surface area contributed by atoms with Crippen LogP contribution in [0.25, 0.3) is 0 Å². The summed E-state index contributed by atoms with van der Waals surface area (Å²) in [6, 6.07) is 0.636. The van der Waals surface area contributed by atoms with Crippen molar-refractivity contribution in [1.82, 2.24) is 15.5 Å². The average Bonchev–Trinajstić information content (AvgIpc) is 2.61. The number of rotatable bonds is 4. The molecule has 0 spiro atoms. The molecule has 0 amide bonds. The standard InChI is InChI=1S/C14H25N3O/c1-10-7-12(9-14(3,4)8-10)15-6-5-13-16-11(2)18-17-13/h10,12,15H,5-9H2,1-4H3. The summed E-state index contributed by atoms with van der Waals surface area (Å²) in [5.41, 5.74) is 0.470. The molecular formula is C14H25N3O. The van der Waals surface area contributed by atoms with Gasteiger partial charge in [0.25, 0.3) is 0 Å². The van der Waals surface area contributed by atoms with E-state index in [1.54, 1.807) is 0 Å². The SMILES string of the molecule is Cc1nc(CCNC2CC(C)CC(C)(C)C2)no1. The van der Waals surface area contributed by atoms with Crippen molar-refractivity contribution in [3.05, 3.63) is 11.7 Å². The van der Waals surface area contributed by atoms with Crippen LogP contribution in [0.3, 0.4) is 0 Å². The normalized spacial score (nSPS) is 27.3. The first-order valence-corrected chi connectivity index (χ1v) is 6.97. The molecule has 2 unspecified atom stereocenters. The van der Waals surface area contributed by atoms with Crippen LogP contribution in [0.2, 0.25) is 0 Å². The van der Waals surface area contributed by atoms with Crippen molar-refractivity contribution in [3.8, 4) is 0 Å². The van der Waals surface area contributed by atoms with Gasteiger partial charge < -0.3 is 9.84 Å². The fourth-order valence-electron chi connectivity index (χ4n) is 3.33. The molecule has 1 heterocycles. The topological polar surface area (TPSA) is 51.0 Å². The van der Waals surface area contributed by atoms with E-state index in [1.165, 1.54) is 19.3 Å². The second kappa shape index (κ2) is 5.39. The number of nitrogens with one attached hydrogen (secondary N) is 1. The highest BCUT2D eigenvalue weighted by Gasteiger charge is 2.31. The zero-order valence-electron chi connectivity index (χ0n) is 12.0. The Morgan fingerprint density at radius 2 is 2.17 bits per heavy atom. The predicted molar refractivity (Wildman–Crippen MR) is 71.3 cm³/mol. The van der Waals surface area contributed by atoms with E-state index in [1.807, 2.05) is 6.92 Å². The number of nitrogens with zero attached hydrogens (tertiary/aromatic N) is 2. The van der Waals surface area contributed by atoms with Gasteiger partial charge in [-0.25, -0.2) is 0 Å². The summed E-state index contributed by atoms with van der Waals surface area (Å²) in [7, 11) is 0. The van der Waals surface area contributed by atoms with E-state index in [4.69, 9.17) is 4.52 Å². The second-order valence-corrected chi connectivity index (χ2v) is 6.54. The van der Waals surface area contributed by atoms with Crippen molar-refractivity contribution in [1.29, 1.82) is 0 Å². The average molecular weight is 251 g/mol. The van der Waals surface area contributed by atoms with Gasteiger partial charge >= 0.3 is 0 Å². The van der Waals surface area contributed by atoms with Crippen LogP contribution < -0.4 is 5.32 Å².